The van der Waals surface area contributed by atoms with Crippen LogP contribution in [-0.4, -0.2) is 32.6 Å². The number of ether oxygens (including phenoxy) is 1. The van der Waals surface area contributed by atoms with Crippen molar-refractivity contribution < 1.29 is 19.4 Å². The molecule has 0 amide bonds. The number of rotatable bonds is 1. The van der Waals surface area contributed by atoms with Crippen molar-refractivity contribution in [3.63, 3.8) is 0 Å². The minimum Gasteiger partial charge on any atom is -0.478 e. The predicted molar refractivity (Wildman–Crippen MR) is 68.3 cm³/mol. The zero-order valence-corrected chi connectivity index (χ0v) is 10.9. The standard InChI is InChI=1S/C13H14N2O4/c1-13(2,3)19-12(18)15-10-5-4-8(11(16)17)6-9(10)7-14-15/h4-7H,1-3H3,(H,16,17). The molecule has 1 heterocycles. The Kier molecular flexibility index (Phi) is 3.01. The van der Waals surface area contributed by atoms with Crippen LogP contribution in [0.2, 0.25) is 0 Å². The van der Waals surface area contributed by atoms with E-state index in [0.717, 1.165) is 4.68 Å². The van der Waals surface area contributed by atoms with Gasteiger partial charge < -0.3 is 9.84 Å². The van der Waals surface area contributed by atoms with Crippen LogP contribution in [0.3, 0.4) is 0 Å². The van der Waals surface area contributed by atoms with E-state index in [1.807, 2.05) is 0 Å². The van der Waals surface area contributed by atoms with Gasteiger partial charge in [-0.2, -0.15) is 9.78 Å². The number of hydrogen-bond donors (Lipinski definition) is 1. The largest absolute Gasteiger partial charge is 0.478 e. The molecule has 2 aromatic rings. The van der Waals surface area contributed by atoms with Crippen molar-refractivity contribution in [1.82, 2.24) is 9.78 Å². The zero-order chi connectivity index (χ0) is 14.2. The predicted octanol–water partition coefficient (Wildman–Crippen LogP) is 2.52. The van der Waals surface area contributed by atoms with E-state index < -0.39 is 17.7 Å². The van der Waals surface area contributed by atoms with Crippen LogP contribution in [0.15, 0.2) is 24.4 Å². The van der Waals surface area contributed by atoms with Crippen LogP contribution in [0.1, 0.15) is 31.1 Å². The molecule has 1 aromatic heterocycles. The molecule has 0 bridgehead atoms. The lowest BCUT2D eigenvalue weighted by Gasteiger charge is -2.19. The molecule has 0 aliphatic heterocycles. The molecule has 0 radical (unpaired) electrons. The van der Waals surface area contributed by atoms with Gasteiger partial charge >= 0.3 is 12.1 Å². The summed E-state index contributed by atoms with van der Waals surface area (Å²) >= 11 is 0. The second-order valence-corrected chi connectivity index (χ2v) is 5.12. The van der Waals surface area contributed by atoms with Crippen molar-refractivity contribution in [3.8, 4) is 0 Å². The highest BCUT2D eigenvalue weighted by Gasteiger charge is 2.20. The lowest BCUT2D eigenvalue weighted by atomic mass is 10.1. The Bertz CT molecular complexity index is 652. The number of hydrogen-bond acceptors (Lipinski definition) is 4. The summed E-state index contributed by atoms with van der Waals surface area (Å²) in [6, 6.07) is 4.43. The van der Waals surface area contributed by atoms with Gasteiger partial charge in [0.05, 0.1) is 17.3 Å². The van der Waals surface area contributed by atoms with Crippen LogP contribution in [0.4, 0.5) is 4.79 Å². The van der Waals surface area contributed by atoms with E-state index in [4.69, 9.17) is 9.84 Å². The van der Waals surface area contributed by atoms with Crippen molar-refractivity contribution in [1.29, 1.82) is 0 Å². The molecular weight excluding hydrogens is 248 g/mol. The third-order valence-corrected chi connectivity index (χ3v) is 2.38. The summed E-state index contributed by atoms with van der Waals surface area (Å²) < 4.78 is 6.33. The Morgan fingerprint density at radius 1 is 1.32 bits per heavy atom. The van der Waals surface area contributed by atoms with Gasteiger partial charge in [-0.25, -0.2) is 9.59 Å². The number of fused-ring (bicyclic) bond motifs is 1. The highest BCUT2D eigenvalue weighted by Crippen LogP contribution is 2.17. The van der Waals surface area contributed by atoms with Gasteiger partial charge in [0.1, 0.15) is 5.60 Å². The lowest BCUT2D eigenvalue weighted by Crippen LogP contribution is -2.27. The smallest absolute Gasteiger partial charge is 0.435 e. The van der Waals surface area contributed by atoms with Crippen LogP contribution >= 0.6 is 0 Å². The monoisotopic (exact) mass is 262 g/mol. The maximum absolute atomic E-state index is 11.9. The fourth-order valence-electron chi connectivity index (χ4n) is 1.62. The second-order valence-electron chi connectivity index (χ2n) is 5.12. The van der Waals surface area contributed by atoms with Gasteiger partial charge in [0, 0.05) is 5.39 Å². The molecule has 0 aliphatic carbocycles. The molecule has 6 heteroatoms. The van der Waals surface area contributed by atoms with Gasteiger partial charge in [0.2, 0.25) is 0 Å². The molecule has 0 atom stereocenters. The molecule has 1 aromatic carbocycles. The van der Waals surface area contributed by atoms with Crippen LogP contribution < -0.4 is 0 Å². The van der Waals surface area contributed by atoms with Gasteiger partial charge in [-0.3, -0.25) is 0 Å². The fraction of sp³-hybridized carbons (Fsp3) is 0.308. The first-order valence-electron chi connectivity index (χ1n) is 5.72. The van der Waals surface area contributed by atoms with Crippen LogP contribution in [0.25, 0.3) is 10.9 Å². The SMILES string of the molecule is CC(C)(C)OC(=O)n1ncc2cc(C(=O)O)ccc21. The summed E-state index contributed by atoms with van der Waals surface area (Å²) in [5.41, 5.74) is 0.0478. The van der Waals surface area contributed by atoms with E-state index >= 15 is 0 Å². The van der Waals surface area contributed by atoms with Crippen molar-refractivity contribution in [3.05, 3.63) is 30.0 Å². The lowest BCUT2D eigenvalue weighted by molar-refractivity contribution is 0.0522. The molecule has 1 N–H and O–H groups in total. The van der Waals surface area contributed by atoms with Crippen molar-refractivity contribution >= 4 is 23.0 Å². The van der Waals surface area contributed by atoms with Crippen molar-refractivity contribution in [2.24, 2.45) is 0 Å². The first-order valence-corrected chi connectivity index (χ1v) is 5.72. The third-order valence-electron chi connectivity index (χ3n) is 2.38. The summed E-state index contributed by atoms with van der Waals surface area (Å²) in [5, 5.41) is 13.4. The number of carboxylic acid groups (broad SMARTS) is 1. The summed E-state index contributed by atoms with van der Waals surface area (Å²) in [6.45, 7) is 5.29. The first-order chi connectivity index (χ1) is 8.78. The molecule has 0 unspecified atom stereocenters. The molecule has 0 spiro atoms. The summed E-state index contributed by atoms with van der Waals surface area (Å²) in [7, 11) is 0. The van der Waals surface area contributed by atoms with E-state index in [9.17, 15) is 9.59 Å². The van der Waals surface area contributed by atoms with Gasteiger partial charge in [-0.05, 0) is 39.0 Å². The molecule has 100 valence electrons. The maximum Gasteiger partial charge on any atom is 0.435 e. The number of carbonyl (C=O) groups excluding carboxylic acids is 1. The normalized spacial score (nSPS) is 11.5. The molecule has 0 saturated heterocycles. The highest BCUT2D eigenvalue weighted by molar-refractivity contribution is 5.95. The Hall–Kier alpha value is -2.37. The summed E-state index contributed by atoms with van der Waals surface area (Å²) in [4.78, 5) is 22.8. The number of carbonyl (C=O) groups is 2. The molecule has 6 nitrogen and oxygen atoms in total. The van der Waals surface area contributed by atoms with Crippen LogP contribution in [0, 0.1) is 0 Å². The summed E-state index contributed by atoms with van der Waals surface area (Å²) in [6.07, 6.45) is 0.844. The second kappa shape index (κ2) is 4.38. The van der Waals surface area contributed by atoms with E-state index in [1.165, 1.54) is 24.4 Å². The quantitative estimate of drug-likeness (QED) is 0.853. The molecular formula is C13H14N2O4. The Morgan fingerprint density at radius 2 is 2.00 bits per heavy atom. The van der Waals surface area contributed by atoms with Crippen molar-refractivity contribution in [2.75, 3.05) is 0 Å². The number of nitrogens with zero attached hydrogens (tertiary/aromatic N) is 2. The number of aromatic nitrogens is 2. The minimum atomic E-state index is -1.02. The van der Waals surface area contributed by atoms with Crippen LogP contribution in [-0.2, 0) is 4.74 Å². The number of carboxylic acids is 1. The van der Waals surface area contributed by atoms with E-state index in [0.29, 0.717) is 10.9 Å². The molecule has 0 aliphatic rings. The van der Waals surface area contributed by atoms with E-state index in [2.05, 4.69) is 5.10 Å². The van der Waals surface area contributed by atoms with Crippen LogP contribution in [0.5, 0.6) is 0 Å². The van der Waals surface area contributed by atoms with Gasteiger partial charge in [0.25, 0.3) is 0 Å². The maximum atomic E-state index is 11.9. The Labute approximate surface area is 109 Å². The molecule has 0 saturated carbocycles. The Morgan fingerprint density at radius 3 is 2.58 bits per heavy atom. The Balaban J connectivity index is 2.41. The number of aromatic carboxylic acids is 1. The van der Waals surface area contributed by atoms with Gasteiger partial charge in [-0.1, -0.05) is 0 Å². The zero-order valence-electron chi connectivity index (χ0n) is 10.9. The fourth-order valence-corrected chi connectivity index (χ4v) is 1.62. The van der Waals surface area contributed by atoms with E-state index in [-0.39, 0.29) is 5.56 Å². The third kappa shape index (κ3) is 2.73. The van der Waals surface area contributed by atoms with Gasteiger partial charge in [-0.15, -0.1) is 0 Å². The molecule has 0 fully saturated rings. The first kappa shape index (κ1) is 13.1. The topological polar surface area (TPSA) is 81.4 Å². The average Bonchev–Trinajstić information content (AvgIpc) is 2.68. The van der Waals surface area contributed by atoms with Gasteiger partial charge in [0.15, 0.2) is 0 Å². The number of benzene rings is 1. The minimum absolute atomic E-state index is 0.149. The van der Waals surface area contributed by atoms with E-state index in [1.54, 1.807) is 20.8 Å². The average molecular weight is 262 g/mol. The molecule has 2 rings (SSSR count). The highest BCUT2D eigenvalue weighted by atomic mass is 16.6. The molecule has 19 heavy (non-hydrogen) atoms. The van der Waals surface area contributed by atoms with Crippen molar-refractivity contribution in [2.45, 2.75) is 26.4 Å². The summed E-state index contributed by atoms with van der Waals surface area (Å²) in [5.74, 6) is -1.02.